The van der Waals surface area contributed by atoms with Gasteiger partial charge in [0.25, 0.3) is 0 Å². The van der Waals surface area contributed by atoms with Crippen LogP contribution in [0.1, 0.15) is 6.42 Å². The van der Waals surface area contributed by atoms with Gasteiger partial charge in [0, 0.05) is 0 Å². The van der Waals surface area contributed by atoms with Crippen molar-refractivity contribution in [3.63, 3.8) is 0 Å². The third kappa shape index (κ3) is 0.736. The van der Waals surface area contributed by atoms with Crippen molar-refractivity contribution in [1.29, 1.82) is 0 Å². The van der Waals surface area contributed by atoms with Gasteiger partial charge in [-0.25, -0.2) is 0 Å². The van der Waals surface area contributed by atoms with Gasteiger partial charge in [-0.1, -0.05) is 0 Å². The second-order valence-electron chi connectivity index (χ2n) is 3.17. The minimum Gasteiger partial charge on any atom is -0.463 e. The maximum Gasteiger partial charge on any atom is 0.308 e. The van der Waals surface area contributed by atoms with Crippen LogP contribution in [0.3, 0.4) is 0 Å². The highest BCUT2D eigenvalue weighted by Gasteiger charge is 2.59. The fraction of sp³-hybridized carbons (Fsp3) is 0.857. The molecule has 3 saturated heterocycles. The van der Waals surface area contributed by atoms with Gasteiger partial charge >= 0.3 is 5.97 Å². The highest BCUT2D eigenvalue weighted by Crippen LogP contribution is 2.42. The van der Waals surface area contributed by atoms with Crippen molar-refractivity contribution < 1.29 is 19.0 Å². The number of epoxide rings is 1. The smallest absolute Gasteiger partial charge is 0.308 e. The van der Waals surface area contributed by atoms with Gasteiger partial charge in [0.1, 0.15) is 24.9 Å². The maximum atomic E-state index is 10.9. The normalized spacial score (nSPS) is 52.9. The average molecular weight is 156 g/mol. The molecule has 0 radical (unpaired) electrons. The van der Waals surface area contributed by atoms with Gasteiger partial charge < -0.3 is 14.2 Å². The number of rotatable bonds is 0. The summed E-state index contributed by atoms with van der Waals surface area (Å²) in [5.41, 5.74) is 0. The standard InChI is InChI=1S/C7H8O4/c8-5-1-3-6-7(11-6)4(10-3)2-9-5/h3-4,6-7H,1-2H2/t3-,4+,6-,7+/m0/s1. The van der Waals surface area contributed by atoms with E-state index in [9.17, 15) is 4.79 Å². The minimum atomic E-state index is -0.161. The van der Waals surface area contributed by atoms with Crippen LogP contribution >= 0.6 is 0 Å². The molecule has 0 aromatic rings. The molecule has 0 aromatic carbocycles. The van der Waals surface area contributed by atoms with E-state index in [4.69, 9.17) is 14.2 Å². The number of esters is 1. The third-order valence-electron chi connectivity index (χ3n) is 2.42. The van der Waals surface area contributed by atoms with Gasteiger partial charge in [0.15, 0.2) is 0 Å². The molecular formula is C7H8O4. The van der Waals surface area contributed by atoms with Gasteiger partial charge in [0.05, 0.1) is 12.5 Å². The molecule has 0 unspecified atom stereocenters. The van der Waals surface area contributed by atoms with Crippen molar-refractivity contribution >= 4 is 5.97 Å². The first-order valence-corrected chi connectivity index (χ1v) is 3.81. The Hall–Kier alpha value is -0.610. The summed E-state index contributed by atoms with van der Waals surface area (Å²) in [6, 6.07) is 0. The fourth-order valence-corrected chi connectivity index (χ4v) is 1.81. The maximum absolute atomic E-state index is 10.9. The first-order chi connectivity index (χ1) is 5.34. The second kappa shape index (κ2) is 1.76. The summed E-state index contributed by atoms with van der Waals surface area (Å²) >= 11 is 0. The molecule has 0 aromatic heterocycles. The van der Waals surface area contributed by atoms with E-state index in [1.165, 1.54) is 0 Å². The van der Waals surface area contributed by atoms with Crippen molar-refractivity contribution in [3.8, 4) is 0 Å². The van der Waals surface area contributed by atoms with Crippen LogP contribution in [0.4, 0.5) is 0 Å². The van der Waals surface area contributed by atoms with E-state index in [-0.39, 0.29) is 30.4 Å². The van der Waals surface area contributed by atoms with E-state index in [2.05, 4.69) is 0 Å². The average Bonchev–Trinajstić information content (AvgIpc) is 2.67. The van der Waals surface area contributed by atoms with Gasteiger partial charge in [0.2, 0.25) is 0 Å². The van der Waals surface area contributed by atoms with Crippen molar-refractivity contribution in [2.75, 3.05) is 6.61 Å². The van der Waals surface area contributed by atoms with E-state index < -0.39 is 0 Å². The van der Waals surface area contributed by atoms with Gasteiger partial charge in [-0.15, -0.1) is 0 Å². The van der Waals surface area contributed by atoms with Crippen molar-refractivity contribution in [2.45, 2.75) is 30.8 Å². The number of cyclic esters (lactones) is 1. The molecule has 4 heteroatoms. The number of hydrogen-bond donors (Lipinski definition) is 0. The Morgan fingerprint density at radius 3 is 2.91 bits per heavy atom. The minimum absolute atomic E-state index is 0.0106. The lowest BCUT2D eigenvalue weighted by molar-refractivity contribution is -0.143. The van der Waals surface area contributed by atoms with Crippen LogP contribution in [0, 0.1) is 0 Å². The number of carbonyl (C=O) groups excluding carboxylic acids is 1. The van der Waals surface area contributed by atoms with Crippen molar-refractivity contribution in [3.05, 3.63) is 0 Å². The summed E-state index contributed by atoms with van der Waals surface area (Å²) in [4.78, 5) is 10.9. The Balaban J connectivity index is 1.86. The summed E-state index contributed by atoms with van der Waals surface area (Å²) in [6.45, 7) is 0.372. The molecule has 11 heavy (non-hydrogen) atoms. The summed E-state index contributed by atoms with van der Waals surface area (Å²) in [5.74, 6) is -0.161. The van der Waals surface area contributed by atoms with E-state index in [0.29, 0.717) is 13.0 Å². The molecule has 4 atom stereocenters. The molecule has 0 amide bonds. The van der Waals surface area contributed by atoms with E-state index in [0.717, 1.165) is 0 Å². The molecule has 2 bridgehead atoms. The zero-order valence-electron chi connectivity index (χ0n) is 5.86. The van der Waals surface area contributed by atoms with Crippen LogP contribution in [-0.2, 0) is 19.0 Å². The Morgan fingerprint density at radius 2 is 2.00 bits per heavy atom. The number of fused-ring (bicyclic) bond motifs is 5. The molecule has 0 saturated carbocycles. The Morgan fingerprint density at radius 1 is 1.18 bits per heavy atom. The number of ether oxygens (including phenoxy) is 3. The predicted molar refractivity (Wildman–Crippen MR) is 32.9 cm³/mol. The van der Waals surface area contributed by atoms with Crippen molar-refractivity contribution in [1.82, 2.24) is 0 Å². The summed E-state index contributed by atoms with van der Waals surface area (Å²) < 4.78 is 15.7. The molecule has 0 aliphatic carbocycles. The Bertz CT molecular complexity index is 214. The lowest BCUT2D eigenvalue weighted by atomic mass is 10.1. The lowest BCUT2D eigenvalue weighted by Crippen LogP contribution is -2.21. The lowest BCUT2D eigenvalue weighted by Gasteiger charge is -2.09. The molecule has 3 aliphatic rings. The van der Waals surface area contributed by atoms with Gasteiger partial charge in [-0.3, -0.25) is 4.79 Å². The predicted octanol–water partition coefficient (Wildman–Crippen LogP) is -0.532. The zero-order valence-corrected chi connectivity index (χ0v) is 5.86. The number of hydrogen-bond acceptors (Lipinski definition) is 4. The van der Waals surface area contributed by atoms with Crippen LogP contribution in [0.2, 0.25) is 0 Å². The molecule has 0 N–H and O–H groups in total. The highest BCUT2D eigenvalue weighted by molar-refractivity contribution is 5.70. The van der Waals surface area contributed by atoms with Crippen LogP contribution < -0.4 is 0 Å². The van der Waals surface area contributed by atoms with E-state index >= 15 is 0 Å². The molecule has 3 rings (SSSR count). The SMILES string of the molecule is O=C1C[C@@H]2O[C@H](CO1)[C@H]1O[C@H]12. The van der Waals surface area contributed by atoms with Gasteiger partial charge in [-0.2, -0.15) is 0 Å². The number of carbonyl (C=O) groups is 1. The second-order valence-corrected chi connectivity index (χ2v) is 3.17. The quantitative estimate of drug-likeness (QED) is 0.349. The molecule has 3 aliphatic heterocycles. The van der Waals surface area contributed by atoms with E-state index in [1.54, 1.807) is 0 Å². The van der Waals surface area contributed by atoms with Gasteiger partial charge in [-0.05, 0) is 0 Å². The largest absolute Gasteiger partial charge is 0.463 e. The topological polar surface area (TPSA) is 48.1 Å². The molecule has 3 fully saturated rings. The van der Waals surface area contributed by atoms with Crippen LogP contribution in [0.25, 0.3) is 0 Å². The molecular weight excluding hydrogens is 148 g/mol. The van der Waals surface area contributed by atoms with E-state index in [1.807, 2.05) is 0 Å². The summed E-state index contributed by atoms with van der Waals surface area (Å²) in [7, 11) is 0. The first kappa shape index (κ1) is 5.97. The fourth-order valence-electron chi connectivity index (χ4n) is 1.81. The van der Waals surface area contributed by atoms with Crippen LogP contribution in [0.5, 0.6) is 0 Å². The Labute approximate surface area is 63.4 Å². The monoisotopic (exact) mass is 156 g/mol. The third-order valence-corrected chi connectivity index (χ3v) is 2.42. The van der Waals surface area contributed by atoms with Crippen LogP contribution in [-0.4, -0.2) is 37.0 Å². The molecule has 0 spiro atoms. The molecule has 4 nitrogen and oxygen atoms in total. The first-order valence-electron chi connectivity index (χ1n) is 3.81. The van der Waals surface area contributed by atoms with Crippen LogP contribution in [0.15, 0.2) is 0 Å². The van der Waals surface area contributed by atoms with Crippen molar-refractivity contribution in [2.24, 2.45) is 0 Å². The summed E-state index contributed by atoms with van der Waals surface area (Å²) in [6.07, 6.45) is 0.745. The zero-order chi connectivity index (χ0) is 7.42. The Kier molecular flexibility index (Phi) is 0.954. The molecule has 60 valence electrons. The molecule has 3 heterocycles. The highest BCUT2D eigenvalue weighted by atomic mass is 16.7. The summed E-state index contributed by atoms with van der Waals surface area (Å²) in [5, 5.41) is 0.